The lowest BCUT2D eigenvalue weighted by atomic mass is 10.3. The molecule has 1 rings (SSSR count). The van der Waals surface area contributed by atoms with Gasteiger partial charge in [-0.2, -0.15) is 15.0 Å². The van der Waals surface area contributed by atoms with Crippen LogP contribution in [-0.2, 0) is 0 Å². The van der Waals surface area contributed by atoms with Crippen molar-refractivity contribution in [1.82, 2.24) is 15.0 Å². The minimum absolute atomic E-state index is 0.212. The van der Waals surface area contributed by atoms with Crippen LogP contribution < -0.4 is 10.2 Å². The molecule has 0 fully saturated rings. The number of anilines is 2. The molecule has 15 heavy (non-hydrogen) atoms. The molecule has 0 spiro atoms. The minimum atomic E-state index is 0.212. The third kappa shape index (κ3) is 2.92. The fraction of sp³-hybridized carbons (Fsp3) is 0.667. The average molecular weight is 230 g/mol. The van der Waals surface area contributed by atoms with E-state index >= 15 is 0 Å². The Balaban J connectivity index is 3.06. The summed E-state index contributed by atoms with van der Waals surface area (Å²) in [6.45, 7) is 7.05. The second-order valence-corrected chi connectivity index (χ2v) is 3.70. The molecule has 0 saturated carbocycles. The first kappa shape index (κ1) is 12.0. The highest BCUT2D eigenvalue weighted by Crippen LogP contribution is 2.15. The quantitative estimate of drug-likeness (QED) is 0.854. The molecule has 0 amide bonds. The molecule has 0 aliphatic rings. The smallest absolute Gasteiger partial charge is 0.231 e. The zero-order valence-electron chi connectivity index (χ0n) is 9.45. The van der Waals surface area contributed by atoms with Gasteiger partial charge in [0.1, 0.15) is 0 Å². The molecule has 0 atom stereocenters. The molecule has 0 aliphatic heterocycles. The van der Waals surface area contributed by atoms with Gasteiger partial charge in [0, 0.05) is 19.6 Å². The molecule has 0 saturated heterocycles. The Morgan fingerprint density at radius 1 is 1.33 bits per heavy atom. The average Bonchev–Trinajstić information content (AvgIpc) is 2.17. The Labute approximate surface area is 94.9 Å². The van der Waals surface area contributed by atoms with Crippen molar-refractivity contribution >= 4 is 23.5 Å². The lowest BCUT2D eigenvalue weighted by molar-refractivity contribution is 0.679. The van der Waals surface area contributed by atoms with E-state index in [2.05, 4.69) is 45.9 Å². The number of hydrogen-bond donors (Lipinski definition) is 1. The van der Waals surface area contributed by atoms with Gasteiger partial charge in [-0.05, 0) is 32.4 Å². The van der Waals surface area contributed by atoms with Crippen molar-refractivity contribution in [3.05, 3.63) is 5.28 Å². The molecule has 0 radical (unpaired) electrons. The SMILES string of the molecule is CCN(c1nc(Cl)nc(NC)n1)C(C)C. The van der Waals surface area contributed by atoms with Gasteiger partial charge < -0.3 is 10.2 Å². The van der Waals surface area contributed by atoms with E-state index < -0.39 is 0 Å². The Bertz CT molecular complexity index is 328. The van der Waals surface area contributed by atoms with Gasteiger partial charge in [-0.1, -0.05) is 0 Å². The molecule has 0 bridgehead atoms. The molecule has 6 heteroatoms. The molecule has 0 unspecified atom stereocenters. The van der Waals surface area contributed by atoms with Crippen LogP contribution >= 0.6 is 11.6 Å². The Morgan fingerprint density at radius 3 is 2.47 bits per heavy atom. The summed E-state index contributed by atoms with van der Waals surface area (Å²) in [7, 11) is 1.75. The second kappa shape index (κ2) is 5.11. The summed E-state index contributed by atoms with van der Waals surface area (Å²) in [5.74, 6) is 1.10. The molecule has 84 valence electrons. The monoisotopic (exact) mass is 229 g/mol. The summed E-state index contributed by atoms with van der Waals surface area (Å²) >= 11 is 5.81. The minimum Gasteiger partial charge on any atom is -0.357 e. The predicted octanol–water partition coefficient (Wildman–Crippen LogP) is 1.80. The molecular formula is C9H16ClN5. The van der Waals surface area contributed by atoms with Crippen LogP contribution in [0.4, 0.5) is 11.9 Å². The van der Waals surface area contributed by atoms with Crippen molar-refractivity contribution in [1.29, 1.82) is 0 Å². The van der Waals surface area contributed by atoms with Crippen molar-refractivity contribution in [2.45, 2.75) is 26.8 Å². The zero-order valence-corrected chi connectivity index (χ0v) is 10.2. The van der Waals surface area contributed by atoms with Crippen molar-refractivity contribution in [2.24, 2.45) is 0 Å². The van der Waals surface area contributed by atoms with E-state index in [-0.39, 0.29) is 5.28 Å². The Hall–Kier alpha value is -1.10. The maximum Gasteiger partial charge on any atom is 0.231 e. The summed E-state index contributed by atoms with van der Waals surface area (Å²) in [5, 5.41) is 3.06. The van der Waals surface area contributed by atoms with Crippen LogP contribution in [0, 0.1) is 0 Å². The zero-order chi connectivity index (χ0) is 11.4. The highest BCUT2D eigenvalue weighted by molar-refractivity contribution is 6.28. The number of aromatic nitrogens is 3. The Morgan fingerprint density at radius 2 is 2.00 bits per heavy atom. The summed E-state index contributed by atoms with van der Waals surface area (Å²) < 4.78 is 0. The Kier molecular flexibility index (Phi) is 4.08. The van der Waals surface area contributed by atoms with Crippen LogP contribution in [0.1, 0.15) is 20.8 Å². The first-order valence-corrected chi connectivity index (χ1v) is 5.32. The standard InChI is InChI=1S/C9H16ClN5/c1-5-15(6(2)3)9-13-7(10)12-8(11-4)14-9/h6H,5H2,1-4H3,(H,11,12,13,14). The number of hydrogen-bond acceptors (Lipinski definition) is 5. The van der Waals surface area contributed by atoms with Gasteiger partial charge in [0.25, 0.3) is 0 Å². The van der Waals surface area contributed by atoms with Gasteiger partial charge in [0.15, 0.2) is 0 Å². The van der Waals surface area contributed by atoms with Crippen LogP contribution in [0.5, 0.6) is 0 Å². The van der Waals surface area contributed by atoms with Crippen LogP contribution in [0.25, 0.3) is 0 Å². The van der Waals surface area contributed by atoms with E-state index in [4.69, 9.17) is 11.6 Å². The van der Waals surface area contributed by atoms with Gasteiger partial charge in [-0.3, -0.25) is 0 Å². The third-order valence-electron chi connectivity index (χ3n) is 2.04. The molecule has 1 aromatic rings. The van der Waals surface area contributed by atoms with E-state index in [1.807, 2.05) is 0 Å². The molecule has 0 aromatic carbocycles. The van der Waals surface area contributed by atoms with E-state index in [0.29, 0.717) is 17.9 Å². The van der Waals surface area contributed by atoms with E-state index in [1.54, 1.807) is 7.05 Å². The summed E-state index contributed by atoms with van der Waals surface area (Å²) in [4.78, 5) is 14.3. The molecule has 5 nitrogen and oxygen atoms in total. The van der Waals surface area contributed by atoms with Gasteiger partial charge in [0.2, 0.25) is 17.2 Å². The third-order valence-corrected chi connectivity index (χ3v) is 2.21. The fourth-order valence-electron chi connectivity index (χ4n) is 1.32. The van der Waals surface area contributed by atoms with Crippen molar-refractivity contribution in [3.8, 4) is 0 Å². The molecule has 1 aromatic heterocycles. The first-order valence-electron chi connectivity index (χ1n) is 4.94. The van der Waals surface area contributed by atoms with Crippen molar-refractivity contribution in [2.75, 3.05) is 23.8 Å². The highest BCUT2D eigenvalue weighted by Gasteiger charge is 2.13. The maximum absolute atomic E-state index is 5.81. The van der Waals surface area contributed by atoms with Crippen LogP contribution in [0.15, 0.2) is 0 Å². The summed E-state index contributed by atoms with van der Waals surface area (Å²) in [6.07, 6.45) is 0. The van der Waals surface area contributed by atoms with Gasteiger partial charge in [0.05, 0.1) is 0 Å². The van der Waals surface area contributed by atoms with E-state index in [0.717, 1.165) is 6.54 Å². The molecule has 0 aliphatic carbocycles. The van der Waals surface area contributed by atoms with Crippen LogP contribution in [0.3, 0.4) is 0 Å². The maximum atomic E-state index is 5.81. The van der Waals surface area contributed by atoms with Crippen molar-refractivity contribution in [3.63, 3.8) is 0 Å². The van der Waals surface area contributed by atoms with E-state index in [9.17, 15) is 0 Å². The topological polar surface area (TPSA) is 53.9 Å². The number of nitrogens with zero attached hydrogens (tertiary/aromatic N) is 4. The van der Waals surface area contributed by atoms with Crippen molar-refractivity contribution < 1.29 is 0 Å². The number of rotatable bonds is 4. The molecule has 1 N–H and O–H groups in total. The molecule has 1 heterocycles. The van der Waals surface area contributed by atoms with Gasteiger partial charge in [-0.15, -0.1) is 0 Å². The molecular weight excluding hydrogens is 214 g/mol. The fourth-order valence-corrected chi connectivity index (χ4v) is 1.47. The summed E-state index contributed by atoms with van der Waals surface area (Å²) in [6, 6.07) is 0.332. The number of nitrogens with one attached hydrogen (secondary N) is 1. The largest absolute Gasteiger partial charge is 0.357 e. The van der Waals surface area contributed by atoms with Crippen LogP contribution in [0.2, 0.25) is 5.28 Å². The normalized spacial score (nSPS) is 10.5. The van der Waals surface area contributed by atoms with E-state index in [1.165, 1.54) is 0 Å². The first-order chi connectivity index (χ1) is 7.08. The number of halogens is 1. The second-order valence-electron chi connectivity index (χ2n) is 3.36. The lowest BCUT2D eigenvalue weighted by Crippen LogP contribution is -2.32. The summed E-state index contributed by atoms with van der Waals surface area (Å²) in [5.41, 5.74) is 0. The highest BCUT2D eigenvalue weighted by atomic mass is 35.5. The van der Waals surface area contributed by atoms with Gasteiger partial charge in [-0.25, -0.2) is 0 Å². The predicted molar refractivity (Wildman–Crippen MR) is 62.5 cm³/mol. The lowest BCUT2D eigenvalue weighted by Gasteiger charge is -2.24. The van der Waals surface area contributed by atoms with Crippen LogP contribution in [-0.4, -0.2) is 34.6 Å². The van der Waals surface area contributed by atoms with Gasteiger partial charge >= 0.3 is 0 Å².